The van der Waals surface area contributed by atoms with E-state index in [1.807, 2.05) is 153 Å². The van der Waals surface area contributed by atoms with Crippen LogP contribution >= 0.6 is 46.4 Å². The van der Waals surface area contributed by atoms with Crippen molar-refractivity contribution in [3.05, 3.63) is 349 Å². The summed E-state index contributed by atoms with van der Waals surface area (Å²) in [5.41, 5.74) is 10.3. The Kier molecular flexibility index (Phi) is 35.7. The summed E-state index contributed by atoms with van der Waals surface area (Å²) in [5.74, 6) is -2.62. The van der Waals surface area contributed by atoms with Gasteiger partial charge in [0, 0.05) is 77.4 Å². The number of nitrogens with one attached hydrogen (secondary N) is 2. The number of unbranched alkanes of at least 4 members (excludes halogenated alkanes) is 1. The number of carbonyl (C=O) groups excluding carboxylic acids is 9. The number of pyridine rings is 1. The van der Waals surface area contributed by atoms with Gasteiger partial charge in [-0.05, 0) is 166 Å². The Morgan fingerprint density at radius 3 is 1.35 bits per heavy atom. The number of nitrogens with zero attached hydrogens (tertiary/aromatic N) is 5. The van der Waals surface area contributed by atoms with Gasteiger partial charge in [0.25, 0.3) is 35.4 Å². The Morgan fingerprint density at radius 1 is 0.488 bits per heavy atom. The van der Waals surface area contributed by atoms with E-state index in [2.05, 4.69) is 68.2 Å². The van der Waals surface area contributed by atoms with Gasteiger partial charge < -0.3 is 15.2 Å². The lowest BCUT2D eigenvalue weighted by Crippen LogP contribution is -2.42. The molecule has 16 rings (SSSR count). The molecule has 0 fully saturated rings. The van der Waals surface area contributed by atoms with E-state index in [4.69, 9.17) is 66.9 Å². The molecule has 4 atom stereocenters. The van der Waals surface area contributed by atoms with E-state index < -0.39 is 41.9 Å². The second-order valence-corrected chi connectivity index (χ2v) is 31.8. The number of rotatable bonds is 25. The van der Waals surface area contributed by atoms with Gasteiger partial charge in [-0.1, -0.05) is 249 Å². The number of imide groups is 3. The zero-order valence-electron chi connectivity index (χ0n) is 71.6. The van der Waals surface area contributed by atoms with Gasteiger partial charge in [-0.25, -0.2) is 29.4 Å². The first-order chi connectivity index (χ1) is 62.1. The molecule has 8 amide bonds. The topological polar surface area (TPSA) is 330 Å². The summed E-state index contributed by atoms with van der Waals surface area (Å²) >= 11 is 24.8. The van der Waals surface area contributed by atoms with E-state index in [1.165, 1.54) is 20.9 Å². The molecule has 5 heterocycles. The number of para-hydroxylation sites is 2. The number of ketones is 2. The predicted molar refractivity (Wildman–Crippen MR) is 504 cm³/mol. The molecule has 5 aliphatic rings. The number of amides is 8. The van der Waals surface area contributed by atoms with Crippen LogP contribution in [0, 0.1) is 0 Å². The van der Waals surface area contributed by atoms with E-state index in [9.17, 15) is 48.3 Å². The molecule has 11 aromatic rings. The van der Waals surface area contributed by atoms with Crippen molar-refractivity contribution in [1.82, 2.24) is 30.3 Å². The van der Waals surface area contributed by atoms with Crippen molar-refractivity contribution >= 4 is 156 Å². The number of aliphatic imine (C=N–C) groups is 1. The van der Waals surface area contributed by atoms with Gasteiger partial charge in [0.05, 0.1) is 66.4 Å². The van der Waals surface area contributed by atoms with Gasteiger partial charge in [0.15, 0.2) is 11.6 Å². The third kappa shape index (κ3) is 23.8. The molecule has 6 N–H and O–H groups in total. The molecule has 4 aliphatic heterocycles. The average molecular weight is 1820 g/mol. The van der Waals surface area contributed by atoms with Crippen LogP contribution in [-0.2, 0) is 21.1 Å². The number of benzene rings is 10. The van der Waals surface area contributed by atoms with Gasteiger partial charge in [-0.3, -0.25) is 74.1 Å². The first kappa shape index (κ1) is 98.4. The second kappa shape index (κ2) is 46.8. The van der Waals surface area contributed by atoms with Crippen LogP contribution in [-0.4, -0.2) is 157 Å². The molecule has 666 valence electrons. The van der Waals surface area contributed by atoms with Crippen LogP contribution in [0.1, 0.15) is 184 Å². The van der Waals surface area contributed by atoms with Crippen molar-refractivity contribution in [3.8, 4) is 5.75 Å². The van der Waals surface area contributed by atoms with Gasteiger partial charge in [0.1, 0.15) is 41.3 Å². The molecule has 24 nitrogen and oxygen atoms in total. The number of hydrogen-bond donors (Lipinski definition) is 6. The molecule has 1 aromatic heterocycles. The summed E-state index contributed by atoms with van der Waals surface area (Å²) in [6.45, 7) is 29.0. The molecular formula is C101H97Cl4N7O17. The highest BCUT2D eigenvalue weighted by Gasteiger charge is 2.46. The predicted octanol–water partition coefficient (Wildman–Crippen LogP) is 21.8. The van der Waals surface area contributed by atoms with E-state index in [1.54, 1.807) is 107 Å². The Balaban J connectivity index is 0.000000165. The van der Waals surface area contributed by atoms with E-state index in [0.717, 1.165) is 49.7 Å². The average Bonchev–Trinajstić information content (AvgIpc) is 1.59. The molecular weight excluding hydrogens is 1720 g/mol. The molecule has 1 aliphatic carbocycles. The highest BCUT2D eigenvalue weighted by atomic mass is 35.5. The maximum Gasteiger partial charge on any atom is 0.320 e. The summed E-state index contributed by atoms with van der Waals surface area (Å²) in [6.07, 6.45) is 4.69. The third-order valence-electron chi connectivity index (χ3n) is 21.5. The van der Waals surface area contributed by atoms with Gasteiger partial charge in [-0.15, -0.1) is 0 Å². The number of urea groups is 1. The SMILES string of the molecule is C=C(C)C(CC(O)CCN1C(=O)c2cccc3cccc(c23)C1=O)OO.C=C(C)C(CCCCOc1cccc2ccc(C3C(=O)c4c(Cl)c(Cl)c(Cl)c(Cl)c4C3=O)nc12)OO.C=C(C)C(CCNC(=O)NC1=Nc2ccccc2C1)OO.C=Cc1ccccc1.C=Cc1ccccc1.CCN1C(=O)c2cccc3cccc(c23)C1=O.CCN1C(=O)c2ccccc2C1=O. The highest BCUT2D eigenvalue weighted by molar-refractivity contribution is 6.56. The van der Waals surface area contributed by atoms with E-state index >= 15 is 0 Å². The molecule has 28 heteroatoms. The van der Waals surface area contributed by atoms with Crippen LogP contribution in [0.3, 0.4) is 0 Å². The number of carbonyl (C=O) groups is 9. The number of Topliss-reactive ketones (excluding diaryl/α,β-unsaturated/α-hetero) is 2. The number of aromatic nitrogens is 1. The van der Waals surface area contributed by atoms with E-state index in [0.29, 0.717) is 119 Å². The zero-order valence-corrected chi connectivity index (χ0v) is 74.6. The largest absolute Gasteiger partial charge is 0.491 e. The standard InChI is InChI=1S/C26H21Cl4NO5.C20H21NO5.C15H19N3O3.C14H11NO2.C10H9NO2.2C8H8/c1-12(2)15(36-34)7-3-4-11-35-16-8-5-6-13-9-10-14(31-24(13)16)17-25(32)18-19(26(17)33)21(28)23(30)22(29)20(18)27;1-12(2)17(26-25)11-14(22)9-10-21-19(23)15-7-3-5-13-6-4-8-16(18(13)15)20(21)24;1-10(2)13(21-20)7-8-16-15(19)18-14-9-11-5-3-4-6-12(11)17-14;1-2-15-13(16)10-7-3-5-9-6-4-8-11(12(9)10)14(15)17;1-2-11-9(12)7-5-3-4-6-8(7)10(11)13;2*1-2-8-6-4-3-5-7-8/h5-6,8-10,15,17,34H,1,3-4,7,11H2,2H3;3-8,14,17,22,25H,1,9-11H2,2H3;3-6,13,20H,1,7-9H2,2H3,(H2,16,17,18,19);3-8H,2H2,1H3;3-6H,2H2,1H3;2*2-7H,1H2. The van der Waals surface area contributed by atoms with Crippen molar-refractivity contribution in [2.24, 2.45) is 4.99 Å². The van der Waals surface area contributed by atoms with E-state index in [-0.39, 0.29) is 97.8 Å². The molecule has 0 radical (unpaired) electrons. The lowest BCUT2D eigenvalue weighted by atomic mass is 9.94. The first-order valence-electron chi connectivity index (χ1n) is 41.3. The van der Waals surface area contributed by atoms with Crippen molar-refractivity contribution in [1.29, 1.82) is 0 Å². The lowest BCUT2D eigenvalue weighted by Gasteiger charge is -2.28. The monoisotopic (exact) mass is 1820 g/mol. The highest BCUT2D eigenvalue weighted by Crippen LogP contribution is 2.48. The molecule has 10 aromatic carbocycles. The summed E-state index contributed by atoms with van der Waals surface area (Å²) in [7, 11) is 0. The molecule has 129 heavy (non-hydrogen) atoms. The minimum atomic E-state index is -1.22. The maximum atomic E-state index is 13.3. The summed E-state index contributed by atoms with van der Waals surface area (Å²) in [4.78, 5) is 137. The van der Waals surface area contributed by atoms with Crippen LogP contribution in [0.15, 0.2) is 267 Å². The number of halogens is 4. The van der Waals surface area contributed by atoms with Crippen LogP contribution in [0.4, 0.5) is 10.5 Å². The lowest BCUT2D eigenvalue weighted by molar-refractivity contribution is -0.273. The summed E-state index contributed by atoms with van der Waals surface area (Å²) in [6, 6.07) is 65.1. The molecule has 4 unspecified atom stereocenters. The van der Waals surface area contributed by atoms with Crippen LogP contribution in [0.2, 0.25) is 20.1 Å². The summed E-state index contributed by atoms with van der Waals surface area (Å²) < 4.78 is 5.96. The first-order valence-corrected chi connectivity index (χ1v) is 42.9. The van der Waals surface area contributed by atoms with Crippen LogP contribution in [0.5, 0.6) is 5.75 Å². The van der Waals surface area contributed by atoms with Gasteiger partial charge in [0.2, 0.25) is 0 Å². The quantitative estimate of drug-likeness (QED) is 0.00452. The normalized spacial score (nSPS) is 14.0. The van der Waals surface area contributed by atoms with Gasteiger partial charge >= 0.3 is 6.03 Å². The number of amidine groups is 1. The second-order valence-electron chi connectivity index (χ2n) is 30.3. The van der Waals surface area contributed by atoms with Crippen LogP contribution < -0.4 is 15.4 Å². The van der Waals surface area contributed by atoms with Crippen molar-refractivity contribution in [3.63, 3.8) is 0 Å². The Hall–Kier alpha value is -12.8. The summed E-state index contributed by atoms with van der Waals surface area (Å²) in [5, 5.41) is 45.7. The number of ether oxygens (including phenoxy) is 1. The number of hydrogen-bond acceptors (Lipinski definition) is 19. The fourth-order valence-electron chi connectivity index (χ4n) is 14.6. The Bertz CT molecular complexity index is 5900. The van der Waals surface area contributed by atoms with Crippen molar-refractivity contribution in [2.75, 3.05) is 32.8 Å². The smallest absolute Gasteiger partial charge is 0.320 e. The minimum Gasteiger partial charge on any atom is -0.491 e. The zero-order chi connectivity index (χ0) is 93.3. The maximum absolute atomic E-state index is 13.3. The fourth-order valence-corrected chi connectivity index (χ4v) is 15.6. The number of aliphatic hydroxyl groups is 1. The fraction of sp³-hybridized carbons (Fsp3) is 0.218. The van der Waals surface area contributed by atoms with Crippen molar-refractivity contribution < 1.29 is 83.4 Å². The molecule has 0 saturated carbocycles. The van der Waals surface area contributed by atoms with Crippen LogP contribution in [0.25, 0.3) is 44.6 Å². The molecule has 0 spiro atoms. The van der Waals surface area contributed by atoms with Gasteiger partial charge in [-0.2, -0.15) is 0 Å². The minimum absolute atomic E-state index is 0.0441. The Morgan fingerprint density at radius 2 is 0.907 bits per heavy atom. The molecule has 0 bridgehead atoms. The van der Waals surface area contributed by atoms with Crippen molar-refractivity contribution in [2.45, 2.75) is 110 Å². The third-order valence-corrected chi connectivity index (χ3v) is 23.3. The molecule has 0 saturated heterocycles. The number of fused-ring (bicyclic) bond motifs is 4. The number of aliphatic hydroxyl groups excluding tert-OH is 1. The Labute approximate surface area is 766 Å².